The summed E-state index contributed by atoms with van der Waals surface area (Å²) < 4.78 is 3.57. The van der Waals surface area contributed by atoms with Crippen LogP contribution in [0.1, 0.15) is 12.5 Å². The summed E-state index contributed by atoms with van der Waals surface area (Å²) in [6.45, 7) is 2.41. The molecular formula is C13H18Cl3NO2. The summed E-state index contributed by atoms with van der Waals surface area (Å²) in [4.78, 5) is 13.9. The monoisotopic (exact) mass is 325 g/mol. The number of alkyl halides is 2. The molecule has 0 unspecified atom stereocenters. The number of carbonyl (C=O) groups excluding carboxylic acids is 1. The molecule has 0 saturated heterocycles. The van der Waals surface area contributed by atoms with Gasteiger partial charge in [0, 0.05) is 6.54 Å². The summed E-state index contributed by atoms with van der Waals surface area (Å²) >= 11 is 12.1. The van der Waals surface area contributed by atoms with Crippen LogP contribution in [-0.2, 0) is 13.9 Å². The van der Waals surface area contributed by atoms with Gasteiger partial charge in [-0.2, -0.15) is 0 Å². The van der Waals surface area contributed by atoms with E-state index in [4.69, 9.17) is 27.9 Å². The third kappa shape index (κ3) is 5.57. The molecule has 0 fully saturated rings. The van der Waals surface area contributed by atoms with Crippen molar-refractivity contribution in [2.45, 2.75) is 17.4 Å². The topological polar surface area (TPSA) is 29.5 Å². The van der Waals surface area contributed by atoms with Gasteiger partial charge in [-0.05, 0) is 26.6 Å². The first-order valence-electron chi connectivity index (χ1n) is 5.63. The molecule has 0 radical (unpaired) electrons. The van der Waals surface area contributed by atoms with Gasteiger partial charge < -0.3 is 9.64 Å². The summed E-state index contributed by atoms with van der Waals surface area (Å²) in [6.07, 6.45) is -0.270. The number of likely N-dealkylation sites (N-methyl/N-ethyl adjacent to an activating group) is 1. The lowest BCUT2D eigenvalue weighted by Crippen LogP contribution is -2.33. The van der Waals surface area contributed by atoms with Crippen LogP contribution in [0.25, 0.3) is 0 Å². The average Bonchev–Trinajstić information content (AvgIpc) is 2.28. The van der Waals surface area contributed by atoms with Gasteiger partial charge in [-0.25, -0.2) is 4.79 Å². The Morgan fingerprint density at radius 3 is 2.32 bits per heavy atom. The SMILES string of the molecule is C[C@H](CN(C)C)OC(=O)C(Cl)(Cl)c1ccccc1.Cl. The number of nitrogens with zero attached hydrogens (tertiary/aromatic N) is 1. The Balaban J connectivity index is 0.00000324. The van der Waals surface area contributed by atoms with Gasteiger partial charge in [0.25, 0.3) is 0 Å². The van der Waals surface area contributed by atoms with Crippen LogP contribution in [0.4, 0.5) is 0 Å². The number of hydrogen-bond donors (Lipinski definition) is 0. The van der Waals surface area contributed by atoms with Crippen LogP contribution in [0.3, 0.4) is 0 Å². The molecule has 0 bridgehead atoms. The second kappa shape index (κ2) is 7.95. The van der Waals surface area contributed by atoms with Crippen LogP contribution >= 0.6 is 35.6 Å². The summed E-state index contributed by atoms with van der Waals surface area (Å²) in [6, 6.07) is 8.75. The molecular weight excluding hydrogens is 309 g/mol. The van der Waals surface area contributed by atoms with Crippen molar-refractivity contribution in [3.05, 3.63) is 35.9 Å². The molecule has 0 amide bonds. The minimum Gasteiger partial charge on any atom is -0.459 e. The number of esters is 1. The van der Waals surface area contributed by atoms with Crippen LogP contribution in [-0.4, -0.2) is 37.6 Å². The second-order valence-corrected chi connectivity index (χ2v) is 5.75. The molecule has 0 spiro atoms. The largest absolute Gasteiger partial charge is 0.459 e. The molecule has 108 valence electrons. The summed E-state index contributed by atoms with van der Waals surface area (Å²) in [5, 5.41) is 0. The Kier molecular flexibility index (Phi) is 7.75. The smallest absolute Gasteiger partial charge is 0.347 e. The van der Waals surface area contributed by atoms with Crippen molar-refractivity contribution in [1.82, 2.24) is 4.90 Å². The van der Waals surface area contributed by atoms with Crippen LogP contribution in [0, 0.1) is 0 Å². The Labute approximate surface area is 130 Å². The molecule has 0 heterocycles. The minimum atomic E-state index is -1.66. The van der Waals surface area contributed by atoms with Gasteiger partial charge in [0.1, 0.15) is 6.10 Å². The summed E-state index contributed by atoms with van der Waals surface area (Å²) in [5.74, 6) is -0.647. The first-order chi connectivity index (χ1) is 8.34. The maximum Gasteiger partial charge on any atom is 0.347 e. The minimum absolute atomic E-state index is 0. The number of ether oxygens (including phenoxy) is 1. The van der Waals surface area contributed by atoms with E-state index in [0.29, 0.717) is 12.1 Å². The fourth-order valence-corrected chi connectivity index (χ4v) is 1.91. The maximum absolute atomic E-state index is 12.0. The molecule has 1 atom stereocenters. The molecule has 3 nitrogen and oxygen atoms in total. The van der Waals surface area contributed by atoms with E-state index in [1.165, 1.54) is 0 Å². The van der Waals surface area contributed by atoms with Gasteiger partial charge >= 0.3 is 5.97 Å². The van der Waals surface area contributed by atoms with Crippen LogP contribution in [0.2, 0.25) is 0 Å². The molecule has 1 aromatic rings. The van der Waals surface area contributed by atoms with E-state index in [1.54, 1.807) is 31.2 Å². The number of hydrogen-bond acceptors (Lipinski definition) is 3. The fourth-order valence-electron chi connectivity index (χ4n) is 1.57. The van der Waals surface area contributed by atoms with E-state index in [9.17, 15) is 4.79 Å². The first-order valence-corrected chi connectivity index (χ1v) is 6.38. The zero-order valence-electron chi connectivity index (χ0n) is 11.1. The van der Waals surface area contributed by atoms with Gasteiger partial charge in [0.15, 0.2) is 0 Å². The van der Waals surface area contributed by atoms with Crippen molar-refractivity contribution < 1.29 is 9.53 Å². The summed E-state index contributed by atoms with van der Waals surface area (Å²) in [7, 11) is 3.80. The Bertz CT molecular complexity index is 396. The van der Waals surface area contributed by atoms with E-state index < -0.39 is 10.3 Å². The Hall–Kier alpha value is -0.480. The number of halogens is 3. The average molecular weight is 327 g/mol. The zero-order chi connectivity index (χ0) is 13.8. The second-order valence-electron chi connectivity index (χ2n) is 4.42. The van der Waals surface area contributed by atoms with Crippen molar-refractivity contribution in [3.63, 3.8) is 0 Å². The highest BCUT2D eigenvalue weighted by Gasteiger charge is 2.38. The van der Waals surface area contributed by atoms with Crippen molar-refractivity contribution in [2.75, 3.05) is 20.6 Å². The molecule has 0 aliphatic heterocycles. The molecule has 0 aliphatic rings. The van der Waals surface area contributed by atoms with E-state index in [-0.39, 0.29) is 18.5 Å². The lowest BCUT2D eigenvalue weighted by molar-refractivity contribution is -0.149. The van der Waals surface area contributed by atoms with E-state index in [1.807, 2.05) is 25.1 Å². The number of carbonyl (C=O) groups is 1. The van der Waals surface area contributed by atoms with E-state index >= 15 is 0 Å². The summed E-state index contributed by atoms with van der Waals surface area (Å²) in [5.41, 5.74) is 0.510. The third-order valence-corrected chi connectivity index (χ3v) is 3.07. The molecule has 19 heavy (non-hydrogen) atoms. The predicted molar refractivity (Wildman–Crippen MR) is 81.2 cm³/mol. The van der Waals surface area contributed by atoms with Crippen LogP contribution < -0.4 is 0 Å². The van der Waals surface area contributed by atoms with Crippen LogP contribution in [0.15, 0.2) is 30.3 Å². The van der Waals surface area contributed by atoms with Gasteiger partial charge in [-0.1, -0.05) is 53.5 Å². The van der Waals surface area contributed by atoms with Gasteiger partial charge in [0.05, 0.1) is 0 Å². The van der Waals surface area contributed by atoms with Crippen molar-refractivity contribution in [2.24, 2.45) is 0 Å². The van der Waals surface area contributed by atoms with E-state index in [2.05, 4.69) is 0 Å². The third-order valence-electron chi connectivity index (χ3n) is 2.32. The molecule has 1 rings (SSSR count). The van der Waals surface area contributed by atoms with E-state index in [0.717, 1.165) is 0 Å². The highest BCUT2D eigenvalue weighted by Crippen LogP contribution is 2.35. The standard InChI is InChI=1S/C13H17Cl2NO2.ClH/c1-10(9-16(2)3)18-12(17)13(14,15)11-7-5-4-6-8-11;/h4-8,10H,9H2,1-3H3;1H/t10-;/m1./s1. The van der Waals surface area contributed by atoms with Crippen molar-refractivity contribution in [1.29, 1.82) is 0 Å². The highest BCUT2D eigenvalue weighted by atomic mass is 35.5. The molecule has 0 aliphatic carbocycles. The lowest BCUT2D eigenvalue weighted by atomic mass is 10.1. The number of benzene rings is 1. The zero-order valence-corrected chi connectivity index (χ0v) is 13.4. The highest BCUT2D eigenvalue weighted by molar-refractivity contribution is 6.56. The Morgan fingerprint density at radius 1 is 1.32 bits per heavy atom. The fraction of sp³-hybridized carbons (Fsp3) is 0.462. The first kappa shape index (κ1) is 18.5. The quantitative estimate of drug-likeness (QED) is 0.614. The normalized spacial score (nSPS) is 12.7. The molecule has 6 heteroatoms. The number of rotatable bonds is 5. The molecule has 0 N–H and O–H groups in total. The van der Waals surface area contributed by atoms with Gasteiger partial charge in [-0.15, -0.1) is 12.4 Å². The van der Waals surface area contributed by atoms with Crippen LogP contribution in [0.5, 0.6) is 0 Å². The lowest BCUT2D eigenvalue weighted by Gasteiger charge is -2.23. The Morgan fingerprint density at radius 2 is 1.84 bits per heavy atom. The van der Waals surface area contributed by atoms with Gasteiger partial charge in [0.2, 0.25) is 4.33 Å². The molecule has 0 saturated carbocycles. The molecule has 0 aromatic heterocycles. The predicted octanol–water partition coefficient (Wildman–Crippen LogP) is 3.23. The maximum atomic E-state index is 12.0. The molecule has 1 aromatic carbocycles. The van der Waals surface area contributed by atoms with Crippen molar-refractivity contribution in [3.8, 4) is 0 Å². The van der Waals surface area contributed by atoms with Crippen molar-refractivity contribution >= 4 is 41.6 Å². The van der Waals surface area contributed by atoms with Gasteiger partial charge in [-0.3, -0.25) is 0 Å².